The highest BCUT2D eigenvalue weighted by molar-refractivity contribution is 5.63. The Labute approximate surface area is 195 Å². The Morgan fingerprint density at radius 3 is 2.62 bits per heavy atom. The Balaban J connectivity index is 1.43. The van der Waals surface area contributed by atoms with E-state index < -0.39 is 22.8 Å². The zero-order chi connectivity index (χ0) is 24.1. The second kappa shape index (κ2) is 8.05. The minimum absolute atomic E-state index is 0.261. The van der Waals surface area contributed by atoms with Crippen molar-refractivity contribution in [3.8, 4) is 5.69 Å². The van der Waals surface area contributed by atoms with Gasteiger partial charge in [0.25, 0.3) is 0 Å². The van der Waals surface area contributed by atoms with Gasteiger partial charge in [-0.15, -0.1) is 0 Å². The van der Waals surface area contributed by atoms with E-state index >= 15 is 0 Å². The fraction of sp³-hybridized carbons (Fsp3) is 0.385. The molecule has 0 saturated heterocycles. The highest BCUT2D eigenvalue weighted by Gasteiger charge is 2.56. The number of halogens is 4. The number of hydrogen-bond acceptors (Lipinski definition) is 3. The quantitative estimate of drug-likeness (QED) is 0.470. The van der Waals surface area contributed by atoms with E-state index in [2.05, 4.69) is 16.2 Å². The van der Waals surface area contributed by atoms with Crippen LogP contribution in [0.2, 0.25) is 0 Å². The third-order valence-corrected chi connectivity index (χ3v) is 7.62. The first-order chi connectivity index (χ1) is 16.1. The predicted molar refractivity (Wildman–Crippen MR) is 120 cm³/mol. The minimum Gasteiger partial charge on any atom is -0.389 e. The summed E-state index contributed by atoms with van der Waals surface area (Å²) in [6.45, 7) is 2.04. The number of nitrogens with zero attached hydrogens (tertiary/aromatic N) is 3. The fourth-order valence-electron chi connectivity index (χ4n) is 5.74. The van der Waals surface area contributed by atoms with Gasteiger partial charge in [0.1, 0.15) is 5.82 Å². The van der Waals surface area contributed by atoms with Crippen LogP contribution in [0.4, 0.5) is 17.6 Å². The van der Waals surface area contributed by atoms with Crippen LogP contribution in [0.15, 0.2) is 54.4 Å². The van der Waals surface area contributed by atoms with Gasteiger partial charge < -0.3 is 5.11 Å². The molecule has 1 aromatic carbocycles. The molecule has 0 spiro atoms. The molecule has 2 aromatic heterocycles. The normalized spacial score (nSPS) is 24.0. The zero-order valence-corrected chi connectivity index (χ0v) is 18.7. The predicted octanol–water partition coefficient (Wildman–Crippen LogP) is 5.92. The summed E-state index contributed by atoms with van der Waals surface area (Å²) < 4.78 is 54.4. The second-order valence-electron chi connectivity index (χ2n) is 9.29. The van der Waals surface area contributed by atoms with Crippen molar-refractivity contribution >= 4 is 6.08 Å². The summed E-state index contributed by atoms with van der Waals surface area (Å²) in [5.41, 5.74) is 1.85. The van der Waals surface area contributed by atoms with Crippen LogP contribution in [0.25, 0.3) is 11.8 Å². The van der Waals surface area contributed by atoms with Gasteiger partial charge in [0.05, 0.1) is 28.7 Å². The molecular weight excluding hydrogens is 446 g/mol. The molecule has 0 radical (unpaired) electrons. The number of aromatic nitrogens is 3. The molecule has 1 N–H and O–H groups in total. The summed E-state index contributed by atoms with van der Waals surface area (Å²) in [6.07, 6.45) is 3.75. The molecule has 2 aliphatic rings. The molecule has 4 nitrogen and oxygen atoms in total. The first kappa shape index (κ1) is 22.8. The summed E-state index contributed by atoms with van der Waals surface area (Å²) in [6, 6.07) is 8.17. The van der Waals surface area contributed by atoms with Gasteiger partial charge in [-0.3, -0.25) is 4.98 Å². The van der Waals surface area contributed by atoms with Crippen molar-refractivity contribution in [2.24, 2.45) is 5.41 Å². The summed E-state index contributed by atoms with van der Waals surface area (Å²) in [5.74, 6) is -0.316. The standard InChI is InChI=1S/C26H25F4N3O/c1-2-24-15-17-16-32-33(22-5-3-20(27)4-6-22)23(17)14-18(24)7-10-25(24,34)11-8-21-13-19(9-12-31-21)26(28,29)30/h3-6,9,12-14,16,34H,2,7-8,10-11,15H2,1H3/t24-,25+/m0/s1. The minimum atomic E-state index is -4.42. The van der Waals surface area contributed by atoms with Crippen LogP contribution in [0.5, 0.6) is 0 Å². The molecule has 0 bridgehead atoms. The van der Waals surface area contributed by atoms with Gasteiger partial charge in [0.2, 0.25) is 0 Å². The maximum atomic E-state index is 13.4. The lowest BCUT2D eigenvalue weighted by Crippen LogP contribution is -2.47. The van der Waals surface area contributed by atoms with Gasteiger partial charge in [0, 0.05) is 17.3 Å². The molecule has 1 saturated carbocycles. The van der Waals surface area contributed by atoms with E-state index in [9.17, 15) is 22.7 Å². The average molecular weight is 471 g/mol. The molecule has 2 heterocycles. The first-order valence-electron chi connectivity index (χ1n) is 11.4. The van der Waals surface area contributed by atoms with E-state index in [-0.39, 0.29) is 12.2 Å². The largest absolute Gasteiger partial charge is 0.416 e. The van der Waals surface area contributed by atoms with Crippen molar-refractivity contribution in [3.63, 3.8) is 0 Å². The first-order valence-corrected chi connectivity index (χ1v) is 11.4. The van der Waals surface area contributed by atoms with Crippen LogP contribution in [-0.4, -0.2) is 25.5 Å². The zero-order valence-electron chi connectivity index (χ0n) is 18.7. The molecule has 2 aliphatic carbocycles. The van der Waals surface area contributed by atoms with Crippen molar-refractivity contribution < 1.29 is 22.7 Å². The van der Waals surface area contributed by atoms with Crippen LogP contribution >= 0.6 is 0 Å². The smallest absolute Gasteiger partial charge is 0.389 e. The molecule has 3 aromatic rings. The van der Waals surface area contributed by atoms with Crippen molar-refractivity contribution in [1.82, 2.24) is 14.8 Å². The number of fused-ring (bicyclic) bond motifs is 2. The molecule has 5 rings (SSSR count). The highest BCUT2D eigenvalue weighted by Crippen LogP contribution is 2.58. The van der Waals surface area contributed by atoms with Gasteiger partial charge >= 0.3 is 6.18 Å². The Morgan fingerprint density at radius 2 is 1.91 bits per heavy atom. The van der Waals surface area contributed by atoms with Gasteiger partial charge in [-0.2, -0.15) is 18.3 Å². The molecule has 1 fully saturated rings. The Bertz CT molecular complexity index is 1250. The molecule has 0 amide bonds. The van der Waals surface area contributed by atoms with Crippen LogP contribution < -0.4 is 0 Å². The molecule has 2 atom stereocenters. The van der Waals surface area contributed by atoms with Crippen molar-refractivity contribution in [1.29, 1.82) is 0 Å². The van der Waals surface area contributed by atoms with Gasteiger partial charge in [-0.05, 0) is 86.6 Å². The average Bonchev–Trinajstić information content (AvgIpc) is 3.35. The molecule has 34 heavy (non-hydrogen) atoms. The third kappa shape index (κ3) is 3.64. The molecule has 8 heteroatoms. The molecule has 178 valence electrons. The number of alkyl halides is 3. The number of benzene rings is 1. The number of rotatable bonds is 5. The fourth-order valence-corrected chi connectivity index (χ4v) is 5.74. The lowest BCUT2D eigenvalue weighted by atomic mass is 9.63. The van der Waals surface area contributed by atoms with Crippen molar-refractivity contribution in [2.45, 2.75) is 57.2 Å². The summed E-state index contributed by atoms with van der Waals surface area (Å²) in [7, 11) is 0. The van der Waals surface area contributed by atoms with E-state index in [0.717, 1.165) is 34.7 Å². The molecule has 0 aliphatic heterocycles. The SMILES string of the molecule is CC[C@]12Cc3cnn(-c4ccc(F)cc4)c3C=C1CC[C@@]2(O)CCc1cc(C(F)(F)F)ccn1. The lowest BCUT2D eigenvalue weighted by molar-refractivity contribution is -0.137. The van der Waals surface area contributed by atoms with Gasteiger partial charge in [0.15, 0.2) is 0 Å². The molecule has 0 unspecified atom stereocenters. The van der Waals surface area contributed by atoms with E-state index in [4.69, 9.17) is 0 Å². The summed E-state index contributed by atoms with van der Waals surface area (Å²) in [5, 5.41) is 16.4. The topological polar surface area (TPSA) is 50.9 Å². The summed E-state index contributed by atoms with van der Waals surface area (Å²) >= 11 is 0. The lowest BCUT2D eigenvalue weighted by Gasteiger charge is -2.45. The number of hydrogen-bond donors (Lipinski definition) is 1. The van der Waals surface area contributed by atoms with Crippen LogP contribution in [-0.2, 0) is 19.0 Å². The Morgan fingerprint density at radius 1 is 1.15 bits per heavy atom. The van der Waals surface area contributed by atoms with Crippen LogP contribution in [0, 0.1) is 11.2 Å². The van der Waals surface area contributed by atoms with E-state index in [0.29, 0.717) is 37.8 Å². The maximum Gasteiger partial charge on any atom is 0.416 e. The van der Waals surface area contributed by atoms with Crippen molar-refractivity contribution in [2.75, 3.05) is 0 Å². The van der Waals surface area contributed by atoms with E-state index in [1.54, 1.807) is 23.0 Å². The van der Waals surface area contributed by atoms with Crippen LogP contribution in [0.1, 0.15) is 55.1 Å². The van der Waals surface area contributed by atoms with Gasteiger partial charge in [-0.1, -0.05) is 12.5 Å². The number of pyridine rings is 1. The second-order valence-corrected chi connectivity index (χ2v) is 9.29. The summed E-state index contributed by atoms with van der Waals surface area (Å²) in [4.78, 5) is 4.11. The van der Waals surface area contributed by atoms with Gasteiger partial charge in [-0.25, -0.2) is 9.07 Å². The number of aliphatic hydroxyl groups is 1. The Hall–Kier alpha value is -3.00. The Kier molecular flexibility index (Phi) is 5.39. The third-order valence-electron chi connectivity index (χ3n) is 7.62. The van der Waals surface area contributed by atoms with E-state index in [1.165, 1.54) is 18.3 Å². The number of aryl methyl sites for hydroxylation is 1. The molecular formula is C26H25F4N3O. The monoisotopic (exact) mass is 471 g/mol. The highest BCUT2D eigenvalue weighted by atomic mass is 19.4. The van der Waals surface area contributed by atoms with Crippen LogP contribution in [0.3, 0.4) is 0 Å². The van der Waals surface area contributed by atoms with E-state index in [1.807, 2.05) is 6.92 Å². The van der Waals surface area contributed by atoms with Crippen molar-refractivity contribution in [3.05, 3.63) is 82.7 Å². The maximum absolute atomic E-state index is 13.4.